The lowest BCUT2D eigenvalue weighted by atomic mass is 9.90. The predicted octanol–water partition coefficient (Wildman–Crippen LogP) is 3.97. The summed E-state index contributed by atoms with van der Waals surface area (Å²) in [6, 6.07) is 5.46. The molecule has 0 fully saturated rings. The lowest BCUT2D eigenvalue weighted by molar-refractivity contribution is -0.140. The average Bonchev–Trinajstić information content (AvgIpc) is 3.00. The van der Waals surface area contributed by atoms with E-state index in [1.54, 1.807) is 12.3 Å². The van der Waals surface area contributed by atoms with Crippen molar-refractivity contribution in [2.75, 3.05) is 0 Å². The Bertz CT molecular complexity index is 1080. The fourth-order valence-corrected chi connectivity index (χ4v) is 2.98. The molecule has 0 saturated heterocycles. The molecule has 146 valence electrons. The van der Waals surface area contributed by atoms with E-state index in [-0.39, 0.29) is 5.56 Å². The Balaban J connectivity index is 2.14. The molecule has 8 heteroatoms. The van der Waals surface area contributed by atoms with Crippen LogP contribution in [0.2, 0.25) is 0 Å². The van der Waals surface area contributed by atoms with E-state index < -0.39 is 23.2 Å². The molecule has 0 aliphatic heterocycles. The zero-order chi connectivity index (χ0) is 20.7. The predicted molar refractivity (Wildman–Crippen MR) is 100 cm³/mol. The van der Waals surface area contributed by atoms with Gasteiger partial charge < -0.3 is 15.8 Å². The highest BCUT2D eigenvalue weighted by Gasteiger charge is 2.37. The highest BCUT2D eigenvalue weighted by atomic mass is 19.4. The van der Waals surface area contributed by atoms with Gasteiger partial charge in [-0.2, -0.15) is 13.2 Å². The molecule has 4 N–H and O–H groups in total. The van der Waals surface area contributed by atoms with Gasteiger partial charge in [0.05, 0.1) is 11.2 Å². The molecule has 0 radical (unpaired) electrons. The number of nitrogens with one attached hydrogen (secondary N) is 1. The first-order chi connectivity index (χ1) is 13.0. The SMILES string of the molecule is CC(C)(O)c1ccc(-c2cnc3[nH]cc(C=CC(N)=O)c3c2)cc1C(F)(F)F. The van der Waals surface area contributed by atoms with Crippen LogP contribution in [0.5, 0.6) is 0 Å². The summed E-state index contributed by atoms with van der Waals surface area (Å²) >= 11 is 0. The number of H-pyrrole nitrogens is 1. The minimum Gasteiger partial charge on any atom is -0.386 e. The minimum absolute atomic E-state index is 0.204. The van der Waals surface area contributed by atoms with Gasteiger partial charge in [0, 0.05) is 35.0 Å². The van der Waals surface area contributed by atoms with Crippen molar-refractivity contribution in [1.82, 2.24) is 9.97 Å². The van der Waals surface area contributed by atoms with E-state index in [9.17, 15) is 23.1 Å². The molecular formula is C20H18F3N3O2. The van der Waals surface area contributed by atoms with Gasteiger partial charge in [0.1, 0.15) is 5.65 Å². The molecule has 5 nitrogen and oxygen atoms in total. The van der Waals surface area contributed by atoms with Crippen LogP contribution in [-0.2, 0) is 16.6 Å². The van der Waals surface area contributed by atoms with Crippen LogP contribution in [0.1, 0.15) is 30.5 Å². The lowest BCUT2D eigenvalue weighted by Gasteiger charge is -2.23. The normalized spacial score (nSPS) is 12.8. The standard InChI is InChI=1S/C20H18F3N3O2/c1-19(2,28)15-5-3-11(8-16(15)20(21,22)23)13-7-14-12(4-6-17(24)27)9-25-18(14)26-10-13/h3-10,28H,1-2H3,(H2,24,27)(H,25,26). The molecule has 3 aromatic rings. The molecule has 0 aliphatic carbocycles. The number of nitrogens with zero attached hydrogens (tertiary/aromatic N) is 1. The second kappa shape index (κ2) is 6.79. The number of carbonyl (C=O) groups is 1. The lowest BCUT2D eigenvalue weighted by Crippen LogP contribution is -2.22. The molecule has 0 atom stereocenters. The number of hydrogen-bond donors (Lipinski definition) is 3. The molecule has 1 amide bonds. The highest BCUT2D eigenvalue weighted by Crippen LogP contribution is 2.39. The summed E-state index contributed by atoms with van der Waals surface area (Å²) in [7, 11) is 0. The number of primary amides is 1. The maximum atomic E-state index is 13.5. The average molecular weight is 389 g/mol. The third kappa shape index (κ3) is 3.91. The Labute approximate surface area is 158 Å². The first-order valence-corrected chi connectivity index (χ1v) is 8.36. The number of pyridine rings is 1. The molecule has 2 aromatic heterocycles. The van der Waals surface area contributed by atoms with Gasteiger partial charge in [-0.25, -0.2) is 4.98 Å². The van der Waals surface area contributed by atoms with Crippen LogP contribution in [-0.4, -0.2) is 21.0 Å². The van der Waals surface area contributed by atoms with Gasteiger partial charge >= 0.3 is 6.18 Å². The summed E-state index contributed by atoms with van der Waals surface area (Å²) in [5.41, 5.74) is 4.29. The van der Waals surface area contributed by atoms with Crippen LogP contribution in [0.3, 0.4) is 0 Å². The number of benzene rings is 1. The number of carbonyl (C=O) groups excluding carboxylic acids is 1. The second-order valence-electron chi connectivity index (χ2n) is 6.92. The van der Waals surface area contributed by atoms with Crippen LogP contribution < -0.4 is 5.73 Å². The fraction of sp³-hybridized carbons (Fsp3) is 0.200. The zero-order valence-electron chi connectivity index (χ0n) is 15.1. The first kappa shape index (κ1) is 19.6. The van der Waals surface area contributed by atoms with Gasteiger partial charge in [-0.15, -0.1) is 0 Å². The number of hydrogen-bond acceptors (Lipinski definition) is 3. The van der Waals surface area contributed by atoms with Crippen LogP contribution in [0.4, 0.5) is 13.2 Å². The number of fused-ring (bicyclic) bond motifs is 1. The van der Waals surface area contributed by atoms with Crippen LogP contribution in [0.15, 0.2) is 42.7 Å². The van der Waals surface area contributed by atoms with E-state index in [1.807, 2.05) is 0 Å². The van der Waals surface area contributed by atoms with Gasteiger partial charge in [0.15, 0.2) is 0 Å². The molecule has 2 heterocycles. The van der Waals surface area contributed by atoms with Crippen molar-refractivity contribution in [2.24, 2.45) is 5.73 Å². The number of aliphatic hydroxyl groups is 1. The summed E-state index contributed by atoms with van der Waals surface area (Å²) in [6.07, 6.45) is 1.16. The highest BCUT2D eigenvalue weighted by molar-refractivity contribution is 5.95. The van der Waals surface area contributed by atoms with Crippen molar-refractivity contribution in [3.63, 3.8) is 0 Å². The smallest absolute Gasteiger partial charge is 0.386 e. The quantitative estimate of drug-likeness (QED) is 0.590. The number of rotatable bonds is 4. The Kier molecular flexibility index (Phi) is 4.76. The van der Waals surface area contributed by atoms with E-state index in [1.165, 1.54) is 44.3 Å². The maximum absolute atomic E-state index is 13.5. The molecule has 0 saturated carbocycles. The molecule has 0 unspecified atom stereocenters. The van der Waals surface area contributed by atoms with E-state index in [0.717, 1.165) is 6.07 Å². The van der Waals surface area contributed by atoms with Crippen molar-refractivity contribution in [3.05, 3.63) is 59.4 Å². The number of nitrogens with two attached hydrogens (primary N) is 1. The largest absolute Gasteiger partial charge is 0.416 e. The Morgan fingerprint density at radius 2 is 1.89 bits per heavy atom. The number of halogens is 3. The molecule has 0 spiro atoms. The molecule has 1 aromatic carbocycles. The van der Waals surface area contributed by atoms with Crippen molar-refractivity contribution in [1.29, 1.82) is 0 Å². The van der Waals surface area contributed by atoms with Gasteiger partial charge in [0.25, 0.3) is 0 Å². The monoisotopic (exact) mass is 389 g/mol. The molecule has 3 rings (SSSR count). The van der Waals surface area contributed by atoms with Crippen LogP contribution in [0.25, 0.3) is 28.2 Å². The van der Waals surface area contributed by atoms with E-state index >= 15 is 0 Å². The second-order valence-corrected chi connectivity index (χ2v) is 6.92. The van der Waals surface area contributed by atoms with Gasteiger partial charge in [-0.05, 0) is 43.2 Å². The summed E-state index contributed by atoms with van der Waals surface area (Å²) in [5, 5.41) is 10.7. The van der Waals surface area contributed by atoms with E-state index in [2.05, 4.69) is 9.97 Å². The minimum atomic E-state index is -4.62. The van der Waals surface area contributed by atoms with Crippen molar-refractivity contribution in [3.8, 4) is 11.1 Å². The topological polar surface area (TPSA) is 92.0 Å². The van der Waals surface area contributed by atoms with Gasteiger partial charge in [-0.1, -0.05) is 12.1 Å². The molecular weight excluding hydrogens is 371 g/mol. The molecule has 0 aliphatic rings. The number of aromatic amines is 1. The van der Waals surface area contributed by atoms with E-state index in [0.29, 0.717) is 27.7 Å². The third-order valence-electron chi connectivity index (χ3n) is 4.31. The van der Waals surface area contributed by atoms with Gasteiger partial charge in [0.2, 0.25) is 5.91 Å². The summed E-state index contributed by atoms with van der Waals surface area (Å²) in [4.78, 5) is 18.1. The number of alkyl halides is 3. The van der Waals surface area contributed by atoms with Crippen molar-refractivity contribution >= 4 is 23.0 Å². The Morgan fingerprint density at radius 1 is 1.18 bits per heavy atom. The summed E-state index contributed by atoms with van der Waals surface area (Å²) in [6.45, 7) is 2.62. The van der Waals surface area contributed by atoms with Gasteiger partial charge in [-0.3, -0.25) is 4.79 Å². The Hall–Kier alpha value is -3.13. The van der Waals surface area contributed by atoms with Crippen LogP contribution in [0, 0.1) is 0 Å². The number of aromatic nitrogens is 2. The zero-order valence-corrected chi connectivity index (χ0v) is 15.1. The maximum Gasteiger partial charge on any atom is 0.416 e. The molecule has 0 bridgehead atoms. The summed E-state index contributed by atoms with van der Waals surface area (Å²) in [5.74, 6) is -0.615. The Morgan fingerprint density at radius 3 is 2.50 bits per heavy atom. The first-order valence-electron chi connectivity index (χ1n) is 8.36. The molecule has 28 heavy (non-hydrogen) atoms. The fourth-order valence-electron chi connectivity index (χ4n) is 2.98. The van der Waals surface area contributed by atoms with Crippen molar-refractivity contribution < 1.29 is 23.1 Å². The van der Waals surface area contributed by atoms with E-state index in [4.69, 9.17) is 5.73 Å². The summed E-state index contributed by atoms with van der Waals surface area (Å²) < 4.78 is 40.6. The third-order valence-corrected chi connectivity index (χ3v) is 4.31. The number of amides is 1. The van der Waals surface area contributed by atoms with Crippen LogP contribution >= 0.6 is 0 Å². The van der Waals surface area contributed by atoms with Crippen molar-refractivity contribution in [2.45, 2.75) is 25.6 Å².